The van der Waals surface area contributed by atoms with E-state index in [-0.39, 0.29) is 0 Å². The van der Waals surface area contributed by atoms with Crippen LogP contribution in [-0.4, -0.2) is 5.88 Å². The first-order chi connectivity index (χ1) is 7.68. The molecule has 16 heavy (non-hydrogen) atoms. The summed E-state index contributed by atoms with van der Waals surface area (Å²) in [6, 6.07) is 9.76. The van der Waals surface area contributed by atoms with Crippen molar-refractivity contribution in [1.82, 2.24) is 0 Å². The second kappa shape index (κ2) is 6.13. The smallest absolute Gasteiger partial charge is 0.0957 e. The first-order valence-corrected chi connectivity index (χ1v) is 6.33. The van der Waals surface area contributed by atoms with Gasteiger partial charge in [-0.15, -0.1) is 11.6 Å². The summed E-state index contributed by atoms with van der Waals surface area (Å²) in [5.74, 6) is 0.325. The van der Waals surface area contributed by atoms with Crippen LogP contribution in [0, 0.1) is 11.3 Å². The van der Waals surface area contributed by atoms with Gasteiger partial charge in [0.1, 0.15) is 0 Å². The number of benzene rings is 1. The predicted octanol–water partition coefficient (Wildman–Crippen LogP) is 4.53. The molecule has 1 aromatic rings. The van der Waals surface area contributed by atoms with Gasteiger partial charge in [0.25, 0.3) is 0 Å². The Morgan fingerprint density at radius 3 is 2.38 bits per heavy atom. The zero-order valence-corrected chi connectivity index (χ0v) is 10.9. The minimum atomic E-state index is -0.567. The van der Waals surface area contributed by atoms with Gasteiger partial charge in [0.05, 0.1) is 11.5 Å². The maximum absolute atomic E-state index is 9.36. The molecule has 0 bridgehead atoms. The summed E-state index contributed by atoms with van der Waals surface area (Å²) in [5, 5.41) is 10.0. The molecule has 0 fully saturated rings. The van der Waals surface area contributed by atoms with E-state index in [4.69, 9.17) is 23.2 Å². The molecular weight excluding hydrogens is 241 g/mol. The van der Waals surface area contributed by atoms with Crippen LogP contribution in [0.25, 0.3) is 0 Å². The Bertz CT molecular complexity index is 367. The maximum Gasteiger partial charge on any atom is 0.0957 e. The van der Waals surface area contributed by atoms with Crippen molar-refractivity contribution in [3.63, 3.8) is 0 Å². The van der Waals surface area contributed by atoms with E-state index in [9.17, 15) is 5.26 Å². The molecule has 0 aromatic heterocycles. The third kappa shape index (κ3) is 2.90. The maximum atomic E-state index is 9.36. The van der Waals surface area contributed by atoms with Crippen molar-refractivity contribution in [3.05, 3.63) is 34.9 Å². The molecule has 0 spiro atoms. The van der Waals surface area contributed by atoms with E-state index >= 15 is 0 Å². The third-order valence-corrected chi connectivity index (χ3v) is 3.50. The Balaban J connectivity index is 3.01. The van der Waals surface area contributed by atoms with E-state index in [2.05, 4.69) is 13.0 Å². The Morgan fingerprint density at radius 2 is 1.94 bits per heavy atom. The summed E-state index contributed by atoms with van der Waals surface area (Å²) in [5.41, 5.74) is 0.394. The highest BCUT2D eigenvalue weighted by Crippen LogP contribution is 2.31. The van der Waals surface area contributed by atoms with Crippen molar-refractivity contribution < 1.29 is 0 Å². The van der Waals surface area contributed by atoms with Crippen molar-refractivity contribution in [2.75, 3.05) is 5.88 Å². The lowest BCUT2D eigenvalue weighted by Crippen LogP contribution is -2.26. The van der Waals surface area contributed by atoms with Crippen molar-refractivity contribution in [2.24, 2.45) is 0 Å². The van der Waals surface area contributed by atoms with Crippen LogP contribution in [0.4, 0.5) is 0 Å². The first kappa shape index (κ1) is 13.4. The van der Waals surface area contributed by atoms with E-state index in [0.717, 1.165) is 24.8 Å². The van der Waals surface area contributed by atoms with Crippen molar-refractivity contribution in [1.29, 1.82) is 5.26 Å². The second-order valence-corrected chi connectivity index (χ2v) is 4.64. The molecule has 1 aromatic carbocycles. The molecule has 86 valence electrons. The fraction of sp³-hybridized carbons (Fsp3) is 0.462. The number of halogens is 2. The largest absolute Gasteiger partial charge is 0.197 e. The summed E-state index contributed by atoms with van der Waals surface area (Å²) in [6.45, 7) is 2.11. The SMILES string of the molecule is CCCCC(C#N)(CCl)c1ccc(Cl)cc1. The van der Waals surface area contributed by atoms with E-state index in [0.29, 0.717) is 10.9 Å². The molecule has 0 radical (unpaired) electrons. The molecule has 0 N–H and O–H groups in total. The highest BCUT2D eigenvalue weighted by atomic mass is 35.5. The van der Waals surface area contributed by atoms with Crippen LogP contribution in [0.5, 0.6) is 0 Å². The minimum Gasteiger partial charge on any atom is -0.197 e. The average Bonchev–Trinajstić information content (AvgIpc) is 2.33. The summed E-state index contributed by atoms with van der Waals surface area (Å²) < 4.78 is 0. The molecular formula is C13H15Cl2N. The molecule has 0 aliphatic heterocycles. The fourth-order valence-electron chi connectivity index (χ4n) is 1.69. The molecule has 0 aliphatic rings. The van der Waals surface area contributed by atoms with Gasteiger partial charge in [0, 0.05) is 10.9 Å². The number of rotatable bonds is 5. The van der Waals surface area contributed by atoms with E-state index in [1.807, 2.05) is 24.3 Å². The molecule has 0 heterocycles. The number of hydrogen-bond acceptors (Lipinski definition) is 1. The van der Waals surface area contributed by atoms with Crippen LogP contribution < -0.4 is 0 Å². The van der Waals surface area contributed by atoms with Crippen molar-refractivity contribution >= 4 is 23.2 Å². The Morgan fingerprint density at radius 1 is 1.31 bits per heavy atom. The molecule has 0 aliphatic carbocycles. The van der Waals surface area contributed by atoms with Crippen LogP contribution in [0.15, 0.2) is 24.3 Å². The molecule has 1 rings (SSSR count). The van der Waals surface area contributed by atoms with Crippen LogP contribution >= 0.6 is 23.2 Å². The summed E-state index contributed by atoms with van der Waals surface area (Å²) in [7, 11) is 0. The quantitative estimate of drug-likeness (QED) is 0.710. The van der Waals surface area contributed by atoms with Crippen molar-refractivity contribution in [2.45, 2.75) is 31.6 Å². The lowest BCUT2D eigenvalue weighted by Gasteiger charge is -2.24. The predicted molar refractivity (Wildman–Crippen MR) is 69.0 cm³/mol. The van der Waals surface area contributed by atoms with E-state index < -0.39 is 5.41 Å². The number of alkyl halides is 1. The van der Waals surface area contributed by atoms with Gasteiger partial charge in [0.15, 0.2) is 0 Å². The third-order valence-electron chi connectivity index (χ3n) is 2.80. The number of hydrogen-bond donors (Lipinski definition) is 0. The summed E-state index contributed by atoms with van der Waals surface area (Å²) >= 11 is 11.8. The Kier molecular flexibility index (Phi) is 5.12. The second-order valence-electron chi connectivity index (χ2n) is 3.94. The highest BCUT2D eigenvalue weighted by molar-refractivity contribution is 6.30. The summed E-state index contributed by atoms with van der Waals surface area (Å²) in [6.07, 6.45) is 2.86. The van der Waals surface area contributed by atoms with Crippen LogP contribution in [0.3, 0.4) is 0 Å². The van der Waals surface area contributed by atoms with E-state index in [1.165, 1.54) is 0 Å². The number of nitriles is 1. The zero-order chi connectivity index (χ0) is 12.0. The van der Waals surface area contributed by atoms with Crippen LogP contribution in [0.1, 0.15) is 31.7 Å². The van der Waals surface area contributed by atoms with Crippen LogP contribution in [-0.2, 0) is 5.41 Å². The van der Waals surface area contributed by atoms with Gasteiger partial charge in [-0.25, -0.2) is 0 Å². The highest BCUT2D eigenvalue weighted by Gasteiger charge is 2.30. The number of unbranched alkanes of at least 4 members (excludes halogenated alkanes) is 1. The van der Waals surface area contributed by atoms with Gasteiger partial charge in [-0.2, -0.15) is 5.26 Å². The lowest BCUT2D eigenvalue weighted by atomic mass is 9.79. The lowest BCUT2D eigenvalue weighted by molar-refractivity contribution is 0.527. The zero-order valence-electron chi connectivity index (χ0n) is 9.34. The molecule has 0 saturated carbocycles. The Hall–Kier alpha value is -0.710. The molecule has 3 heteroatoms. The first-order valence-electron chi connectivity index (χ1n) is 5.42. The van der Waals surface area contributed by atoms with Gasteiger partial charge in [-0.05, 0) is 24.1 Å². The average molecular weight is 256 g/mol. The standard InChI is InChI=1S/C13H15Cl2N/c1-2-3-8-13(9-14,10-16)11-4-6-12(15)7-5-11/h4-7H,2-3,8-9H2,1H3. The Labute approximate surface area is 107 Å². The fourth-order valence-corrected chi connectivity index (χ4v) is 2.16. The number of nitrogens with zero attached hydrogens (tertiary/aromatic N) is 1. The minimum absolute atomic E-state index is 0.325. The monoisotopic (exact) mass is 255 g/mol. The summed E-state index contributed by atoms with van der Waals surface area (Å²) in [4.78, 5) is 0. The molecule has 0 amide bonds. The normalized spacial score (nSPS) is 14.1. The van der Waals surface area contributed by atoms with Crippen LogP contribution in [0.2, 0.25) is 5.02 Å². The van der Waals surface area contributed by atoms with Gasteiger partial charge >= 0.3 is 0 Å². The molecule has 1 unspecified atom stereocenters. The molecule has 1 atom stereocenters. The topological polar surface area (TPSA) is 23.8 Å². The molecule has 0 saturated heterocycles. The molecule has 1 nitrogen and oxygen atoms in total. The van der Waals surface area contributed by atoms with E-state index in [1.54, 1.807) is 0 Å². The van der Waals surface area contributed by atoms with Gasteiger partial charge in [0.2, 0.25) is 0 Å². The van der Waals surface area contributed by atoms with Gasteiger partial charge in [-0.3, -0.25) is 0 Å². The van der Waals surface area contributed by atoms with Gasteiger partial charge < -0.3 is 0 Å². The van der Waals surface area contributed by atoms with Gasteiger partial charge in [-0.1, -0.05) is 43.5 Å². The van der Waals surface area contributed by atoms with Crippen molar-refractivity contribution in [3.8, 4) is 6.07 Å².